The fourth-order valence-corrected chi connectivity index (χ4v) is 6.22. The molecule has 3 atom stereocenters. The Balaban J connectivity index is 2.03. The summed E-state index contributed by atoms with van der Waals surface area (Å²) in [5.74, 6) is -1.03. The minimum Gasteiger partial charge on any atom is -0.452 e. The molecule has 3 rings (SSSR count). The van der Waals surface area contributed by atoms with Crippen LogP contribution in [0, 0.1) is 11.3 Å². The minimum absolute atomic E-state index is 0.0484. The number of ether oxygens (including phenoxy) is 1. The molecule has 190 valence electrons. The number of rotatable bonds is 4. The Kier molecular flexibility index (Phi) is 8.49. The van der Waals surface area contributed by atoms with E-state index in [1.54, 1.807) is 19.1 Å². The van der Waals surface area contributed by atoms with Gasteiger partial charge in [0.25, 0.3) is 11.8 Å². The van der Waals surface area contributed by atoms with Crippen LogP contribution in [0.15, 0.2) is 40.6 Å². The fraction of sp³-hybridized carbons (Fsp3) is 0.333. The number of hydrazine groups is 1. The van der Waals surface area contributed by atoms with Crippen molar-refractivity contribution in [2.45, 2.75) is 28.0 Å². The topological polar surface area (TPSA) is 142 Å². The predicted molar refractivity (Wildman–Crippen MR) is 141 cm³/mol. The highest BCUT2D eigenvalue weighted by Crippen LogP contribution is 2.44. The van der Waals surface area contributed by atoms with Crippen molar-refractivity contribution in [3.8, 4) is 11.9 Å². The normalized spacial score (nSPS) is 23.2. The van der Waals surface area contributed by atoms with Crippen molar-refractivity contribution >= 4 is 77.3 Å². The minimum atomic E-state index is -1.21. The van der Waals surface area contributed by atoms with E-state index in [0.29, 0.717) is 4.60 Å². The summed E-state index contributed by atoms with van der Waals surface area (Å²) in [5, 5.41) is 18.0. The summed E-state index contributed by atoms with van der Waals surface area (Å²) in [4.78, 5) is 42.7. The van der Waals surface area contributed by atoms with Crippen LogP contribution in [0.4, 0.5) is 4.79 Å². The Morgan fingerprint density at radius 3 is 2.69 bits per heavy atom. The number of allylic oxidation sites excluding steroid dienone is 1. The maximum absolute atomic E-state index is 13.5. The molecule has 0 aliphatic heterocycles. The van der Waals surface area contributed by atoms with Gasteiger partial charge in [-0.25, -0.2) is 19.9 Å². The number of nitrogens with zero attached hydrogens (tertiary/aromatic N) is 5. The number of amides is 3. The van der Waals surface area contributed by atoms with Crippen LogP contribution in [0.1, 0.15) is 23.8 Å². The number of carbonyl (C=O) groups excluding carboxylic acids is 3. The van der Waals surface area contributed by atoms with Gasteiger partial charge >= 0.3 is 6.09 Å². The molecule has 0 aromatic carbocycles. The molecule has 11 nitrogen and oxygen atoms in total. The molecule has 0 saturated heterocycles. The van der Waals surface area contributed by atoms with Gasteiger partial charge in [-0.3, -0.25) is 14.6 Å². The largest absolute Gasteiger partial charge is 0.452 e. The molecule has 3 unspecified atom stereocenters. The van der Waals surface area contributed by atoms with Crippen molar-refractivity contribution in [2.24, 2.45) is 0 Å². The van der Waals surface area contributed by atoms with Crippen LogP contribution in [0.5, 0.6) is 0 Å². The van der Waals surface area contributed by atoms with Gasteiger partial charge in [-0.1, -0.05) is 43.5 Å². The quantitative estimate of drug-likeness (QED) is 0.365. The number of hydrogen-bond donors (Lipinski definition) is 2. The van der Waals surface area contributed by atoms with E-state index in [9.17, 15) is 19.6 Å². The average molecular weight is 709 g/mol. The highest BCUT2D eigenvalue weighted by molar-refractivity contribution is 9.11. The molecule has 1 aliphatic rings. The van der Waals surface area contributed by atoms with Crippen molar-refractivity contribution in [1.29, 1.82) is 5.26 Å². The molecule has 36 heavy (non-hydrogen) atoms. The fourth-order valence-electron chi connectivity index (χ4n) is 3.64. The number of nitriles is 1. The average Bonchev–Trinajstić information content (AvgIpc) is 3.21. The predicted octanol–water partition coefficient (Wildman–Crippen LogP) is 3.65. The van der Waals surface area contributed by atoms with Crippen molar-refractivity contribution in [1.82, 2.24) is 30.5 Å². The molecular formula is C21H19Br3ClN7O4. The molecule has 2 heterocycles. The van der Waals surface area contributed by atoms with E-state index < -0.39 is 32.6 Å². The summed E-state index contributed by atoms with van der Waals surface area (Å²) < 4.78 is 4.00. The van der Waals surface area contributed by atoms with E-state index in [-0.39, 0.29) is 28.5 Å². The summed E-state index contributed by atoms with van der Waals surface area (Å²) >= 11 is 16.5. The van der Waals surface area contributed by atoms with Crippen molar-refractivity contribution in [2.75, 3.05) is 14.2 Å². The van der Waals surface area contributed by atoms with E-state index in [4.69, 9.17) is 11.6 Å². The Morgan fingerprint density at radius 2 is 2.08 bits per heavy atom. The molecule has 2 aromatic heterocycles. The number of pyridine rings is 1. The van der Waals surface area contributed by atoms with E-state index in [2.05, 4.69) is 79.4 Å². The summed E-state index contributed by atoms with van der Waals surface area (Å²) in [7, 11) is 2.47. The molecule has 2 N–H and O–H groups in total. The molecule has 0 fully saturated rings. The van der Waals surface area contributed by atoms with Gasteiger partial charge in [-0.2, -0.15) is 10.4 Å². The molecule has 0 radical (unpaired) electrons. The third-order valence-corrected chi connectivity index (χ3v) is 7.32. The first-order valence-electron chi connectivity index (χ1n) is 10.1. The third kappa shape index (κ3) is 5.91. The lowest BCUT2D eigenvalue weighted by molar-refractivity contribution is -0.128. The number of likely N-dealkylation sites (N-methyl/N-ethyl adjacent to an activating group) is 1. The van der Waals surface area contributed by atoms with Gasteiger partial charge in [0, 0.05) is 24.9 Å². The second-order valence-electron chi connectivity index (χ2n) is 7.98. The van der Waals surface area contributed by atoms with Crippen molar-refractivity contribution in [3.63, 3.8) is 0 Å². The zero-order chi connectivity index (χ0) is 26.8. The molecular weight excluding hydrogens is 689 g/mol. The van der Waals surface area contributed by atoms with Gasteiger partial charge in [0.15, 0.2) is 5.82 Å². The Hall–Kier alpha value is -2.47. The molecule has 0 saturated carbocycles. The molecule has 0 bridgehead atoms. The van der Waals surface area contributed by atoms with Crippen LogP contribution in [0.2, 0.25) is 5.02 Å². The zero-order valence-electron chi connectivity index (χ0n) is 19.1. The molecule has 2 aromatic rings. The molecule has 1 aliphatic carbocycles. The smallest absolute Gasteiger partial charge is 0.425 e. The molecule has 15 heteroatoms. The monoisotopic (exact) mass is 705 g/mol. The van der Waals surface area contributed by atoms with Crippen LogP contribution in [0.3, 0.4) is 0 Å². The number of nitrogens with one attached hydrogen (secondary N) is 2. The maximum Gasteiger partial charge on any atom is 0.425 e. The number of hydrogen-bond acceptors (Lipinski definition) is 7. The molecule has 0 spiro atoms. The first-order chi connectivity index (χ1) is 16.8. The number of methoxy groups -OCH3 is 1. The standard InChI is InChI=1S/C21H19Br3ClN7O4/c1-20(23)9-21(24,10-26)8-11(18(34)31(2)30-19(35)36-3)15(20)28-17(33)13-7-14(22)29-32(13)16-12(25)5-4-6-27-16/h4-8,15H,9H2,1-3H3,(H,28,33)(H,30,35). The van der Waals surface area contributed by atoms with Crippen LogP contribution in [-0.4, -0.2) is 66.5 Å². The van der Waals surface area contributed by atoms with Gasteiger partial charge < -0.3 is 10.1 Å². The lowest BCUT2D eigenvalue weighted by Gasteiger charge is -2.42. The van der Waals surface area contributed by atoms with Gasteiger partial charge in [-0.05, 0) is 47.5 Å². The molecule has 3 amide bonds. The van der Waals surface area contributed by atoms with E-state index in [0.717, 1.165) is 12.1 Å². The summed E-state index contributed by atoms with van der Waals surface area (Å²) in [6.07, 6.45) is 2.26. The maximum atomic E-state index is 13.5. The van der Waals surface area contributed by atoms with Gasteiger partial charge in [0.1, 0.15) is 14.6 Å². The lowest BCUT2D eigenvalue weighted by atomic mass is 9.79. The number of carbonyl (C=O) groups is 3. The van der Waals surface area contributed by atoms with Gasteiger partial charge in [-0.15, -0.1) is 0 Å². The number of aromatic nitrogens is 3. The van der Waals surface area contributed by atoms with Gasteiger partial charge in [0.05, 0.1) is 28.6 Å². The third-order valence-electron chi connectivity index (χ3n) is 5.21. The summed E-state index contributed by atoms with van der Waals surface area (Å²) in [6, 6.07) is 5.93. The second-order valence-corrected chi connectivity index (χ2v) is 12.4. The van der Waals surface area contributed by atoms with Crippen molar-refractivity contribution < 1.29 is 19.1 Å². The Labute approximate surface area is 236 Å². The highest BCUT2D eigenvalue weighted by Gasteiger charge is 2.49. The first-order valence-corrected chi connectivity index (χ1v) is 12.9. The number of alkyl halides is 2. The highest BCUT2D eigenvalue weighted by atomic mass is 79.9. The Bertz CT molecular complexity index is 1290. The summed E-state index contributed by atoms with van der Waals surface area (Å²) in [6.45, 7) is 1.74. The SMILES string of the molecule is COC(=O)NN(C)C(=O)C1=CC(Br)(C#N)CC(C)(Br)C1NC(=O)c1cc(Br)nn1-c1ncccc1Cl. The zero-order valence-corrected chi connectivity index (χ0v) is 24.6. The number of halogens is 4. The van der Waals surface area contributed by atoms with Crippen LogP contribution >= 0.6 is 59.4 Å². The van der Waals surface area contributed by atoms with E-state index >= 15 is 0 Å². The van der Waals surface area contributed by atoms with Crippen LogP contribution in [-0.2, 0) is 9.53 Å². The summed E-state index contributed by atoms with van der Waals surface area (Å²) in [5.41, 5.74) is 2.40. The van der Waals surface area contributed by atoms with Crippen molar-refractivity contribution in [3.05, 3.63) is 51.4 Å². The van der Waals surface area contributed by atoms with E-state index in [1.165, 1.54) is 30.1 Å². The second kappa shape index (κ2) is 10.9. The Morgan fingerprint density at radius 1 is 1.39 bits per heavy atom. The van der Waals surface area contributed by atoms with E-state index in [1.807, 2.05) is 0 Å². The van der Waals surface area contributed by atoms with Crippen LogP contribution in [0.25, 0.3) is 5.82 Å². The van der Waals surface area contributed by atoms with Crippen LogP contribution < -0.4 is 10.7 Å². The first kappa shape index (κ1) is 28.1. The van der Waals surface area contributed by atoms with Gasteiger partial charge in [0.2, 0.25) is 0 Å². The lowest BCUT2D eigenvalue weighted by Crippen LogP contribution is -2.58.